The van der Waals surface area contributed by atoms with Crippen LogP contribution in [0.1, 0.15) is 10.6 Å². The summed E-state index contributed by atoms with van der Waals surface area (Å²) in [6.07, 6.45) is 0.696. The number of benzene rings is 1. The van der Waals surface area contributed by atoms with Crippen LogP contribution >= 0.6 is 11.3 Å². The predicted molar refractivity (Wildman–Crippen MR) is 58.0 cm³/mol. The van der Waals surface area contributed by atoms with Crippen LogP contribution in [0.5, 0.6) is 0 Å². The third-order valence-corrected chi connectivity index (χ3v) is 2.63. The lowest BCUT2D eigenvalue weighted by Gasteiger charge is -2.01. The van der Waals surface area contributed by atoms with Crippen molar-refractivity contribution in [1.82, 2.24) is 10.2 Å². The summed E-state index contributed by atoms with van der Waals surface area (Å²) in [5, 5.41) is 9.07. The van der Waals surface area contributed by atoms with Crippen molar-refractivity contribution in [3.63, 3.8) is 0 Å². The van der Waals surface area contributed by atoms with Gasteiger partial charge in [0.25, 0.3) is 0 Å². The van der Waals surface area contributed by atoms with Crippen molar-refractivity contribution in [2.24, 2.45) is 0 Å². The molecule has 5 heteroatoms. The van der Waals surface area contributed by atoms with Crippen molar-refractivity contribution in [2.75, 3.05) is 11.5 Å². The van der Waals surface area contributed by atoms with Crippen LogP contribution < -0.4 is 11.5 Å². The van der Waals surface area contributed by atoms with E-state index in [1.807, 2.05) is 24.3 Å². The van der Waals surface area contributed by atoms with Gasteiger partial charge in [0, 0.05) is 12.1 Å². The molecule has 1 aromatic carbocycles. The number of rotatable bonds is 2. The van der Waals surface area contributed by atoms with Gasteiger partial charge in [-0.3, -0.25) is 0 Å². The minimum absolute atomic E-state index is 0.495. The number of anilines is 2. The van der Waals surface area contributed by atoms with Crippen LogP contribution in [0.15, 0.2) is 24.3 Å². The zero-order valence-corrected chi connectivity index (χ0v) is 8.29. The highest BCUT2D eigenvalue weighted by molar-refractivity contribution is 7.15. The van der Waals surface area contributed by atoms with Crippen molar-refractivity contribution < 1.29 is 0 Å². The van der Waals surface area contributed by atoms with E-state index in [0.717, 1.165) is 16.3 Å². The smallest absolute Gasteiger partial charge is 0.203 e. The Hall–Kier alpha value is -1.62. The van der Waals surface area contributed by atoms with E-state index < -0.39 is 0 Å². The lowest BCUT2D eigenvalue weighted by atomic mass is 10.1. The Labute approximate surface area is 85.6 Å². The Bertz CT molecular complexity index is 438. The van der Waals surface area contributed by atoms with Crippen LogP contribution in [0.25, 0.3) is 0 Å². The number of nitrogens with zero attached hydrogens (tertiary/aromatic N) is 2. The molecular formula is C9H10N4S. The van der Waals surface area contributed by atoms with E-state index in [-0.39, 0.29) is 0 Å². The highest BCUT2D eigenvalue weighted by Crippen LogP contribution is 2.19. The Morgan fingerprint density at radius 3 is 2.57 bits per heavy atom. The van der Waals surface area contributed by atoms with Gasteiger partial charge in [-0.15, -0.1) is 10.2 Å². The molecule has 0 amide bonds. The zero-order valence-electron chi connectivity index (χ0n) is 7.47. The molecule has 0 atom stereocenters. The molecule has 4 nitrogen and oxygen atoms in total. The van der Waals surface area contributed by atoms with E-state index in [2.05, 4.69) is 10.2 Å². The number of nitrogens with two attached hydrogens (primary N) is 2. The second kappa shape index (κ2) is 3.63. The van der Waals surface area contributed by atoms with Crippen LogP contribution in [0, 0.1) is 0 Å². The van der Waals surface area contributed by atoms with Gasteiger partial charge in [-0.25, -0.2) is 0 Å². The zero-order chi connectivity index (χ0) is 9.97. The topological polar surface area (TPSA) is 77.8 Å². The lowest BCUT2D eigenvalue weighted by molar-refractivity contribution is 1.01. The monoisotopic (exact) mass is 206 g/mol. The average molecular weight is 206 g/mol. The summed E-state index contributed by atoms with van der Waals surface area (Å²) in [6, 6.07) is 7.72. The van der Waals surface area contributed by atoms with E-state index in [4.69, 9.17) is 11.5 Å². The fourth-order valence-corrected chi connectivity index (χ4v) is 1.83. The first kappa shape index (κ1) is 8.96. The molecule has 0 unspecified atom stereocenters. The summed E-state index contributed by atoms with van der Waals surface area (Å²) in [7, 11) is 0. The largest absolute Gasteiger partial charge is 0.398 e. The first-order chi connectivity index (χ1) is 6.75. The van der Waals surface area contributed by atoms with Crippen molar-refractivity contribution in [1.29, 1.82) is 0 Å². The first-order valence-corrected chi connectivity index (χ1v) is 4.98. The van der Waals surface area contributed by atoms with Crippen molar-refractivity contribution in [3.05, 3.63) is 34.8 Å². The number of nitrogen functional groups attached to an aromatic ring is 2. The van der Waals surface area contributed by atoms with E-state index in [1.54, 1.807) is 0 Å². The van der Waals surface area contributed by atoms with Gasteiger partial charge < -0.3 is 11.5 Å². The van der Waals surface area contributed by atoms with Gasteiger partial charge in [0.1, 0.15) is 5.01 Å². The molecule has 0 aliphatic rings. The standard InChI is InChI=1S/C9H10N4S/c10-7-4-2-1-3-6(7)5-8-12-13-9(11)14-8/h1-4H,5,10H2,(H2,11,13). The molecule has 0 radical (unpaired) electrons. The van der Waals surface area contributed by atoms with Crippen LogP contribution in [0.2, 0.25) is 0 Å². The second-order valence-corrected chi connectivity index (χ2v) is 4.00. The van der Waals surface area contributed by atoms with Gasteiger partial charge in [-0.1, -0.05) is 29.5 Å². The van der Waals surface area contributed by atoms with Gasteiger partial charge in [0.05, 0.1) is 0 Å². The summed E-state index contributed by atoms with van der Waals surface area (Å²) in [5.41, 5.74) is 13.1. The molecule has 2 rings (SSSR count). The van der Waals surface area contributed by atoms with Gasteiger partial charge in [0.15, 0.2) is 0 Å². The molecule has 0 aliphatic heterocycles. The lowest BCUT2D eigenvalue weighted by Crippen LogP contribution is -1.94. The Balaban J connectivity index is 2.23. The van der Waals surface area contributed by atoms with Crippen molar-refractivity contribution >= 4 is 22.2 Å². The molecule has 14 heavy (non-hydrogen) atoms. The van der Waals surface area contributed by atoms with E-state index in [1.165, 1.54) is 11.3 Å². The number of para-hydroxylation sites is 1. The third-order valence-electron chi connectivity index (χ3n) is 1.88. The van der Waals surface area contributed by atoms with Gasteiger partial charge in [-0.05, 0) is 11.6 Å². The summed E-state index contributed by atoms with van der Waals surface area (Å²) in [5.74, 6) is 0. The molecule has 0 saturated heterocycles. The van der Waals surface area contributed by atoms with Gasteiger partial charge >= 0.3 is 0 Å². The van der Waals surface area contributed by atoms with Crippen LogP contribution in [-0.4, -0.2) is 10.2 Å². The maximum atomic E-state index is 5.80. The van der Waals surface area contributed by atoms with Crippen LogP contribution in [0.3, 0.4) is 0 Å². The molecular weight excluding hydrogens is 196 g/mol. The highest BCUT2D eigenvalue weighted by atomic mass is 32.1. The van der Waals surface area contributed by atoms with E-state index >= 15 is 0 Å². The molecule has 0 spiro atoms. The van der Waals surface area contributed by atoms with E-state index in [9.17, 15) is 0 Å². The Morgan fingerprint density at radius 2 is 1.93 bits per heavy atom. The third kappa shape index (κ3) is 1.82. The fraction of sp³-hybridized carbons (Fsp3) is 0.111. The van der Waals surface area contributed by atoms with Crippen LogP contribution in [0.4, 0.5) is 10.8 Å². The van der Waals surface area contributed by atoms with Crippen molar-refractivity contribution in [2.45, 2.75) is 6.42 Å². The summed E-state index contributed by atoms with van der Waals surface area (Å²) < 4.78 is 0. The summed E-state index contributed by atoms with van der Waals surface area (Å²) in [4.78, 5) is 0. The minimum Gasteiger partial charge on any atom is -0.398 e. The van der Waals surface area contributed by atoms with Crippen molar-refractivity contribution in [3.8, 4) is 0 Å². The summed E-state index contributed by atoms with van der Waals surface area (Å²) >= 11 is 1.39. The fourth-order valence-electron chi connectivity index (χ4n) is 1.20. The molecule has 1 heterocycles. The molecule has 0 bridgehead atoms. The van der Waals surface area contributed by atoms with Gasteiger partial charge in [0.2, 0.25) is 5.13 Å². The molecule has 1 aromatic heterocycles. The number of aromatic nitrogens is 2. The van der Waals surface area contributed by atoms with E-state index in [0.29, 0.717) is 11.6 Å². The van der Waals surface area contributed by atoms with Gasteiger partial charge in [-0.2, -0.15) is 0 Å². The quantitative estimate of drug-likeness (QED) is 0.726. The van der Waals surface area contributed by atoms with Crippen LogP contribution in [-0.2, 0) is 6.42 Å². The maximum absolute atomic E-state index is 5.80. The predicted octanol–water partition coefficient (Wildman–Crippen LogP) is 1.29. The average Bonchev–Trinajstić information content (AvgIpc) is 2.56. The minimum atomic E-state index is 0.495. The molecule has 72 valence electrons. The molecule has 0 saturated carbocycles. The normalized spacial score (nSPS) is 10.3. The SMILES string of the molecule is Nc1nnc(Cc2ccccc2N)s1. The molecule has 0 aliphatic carbocycles. The first-order valence-electron chi connectivity index (χ1n) is 4.17. The number of hydrogen-bond acceptors (Lipinski definition) is 5. The maximum Gasteiger partial charge on any atom is 0.203 e. The highest BCUT2D eigenvalue weighted by Gasteiger charge is 2.04. The molecule has 4 N–H and O–H groups in total. The molecule has 2 aromatic rings. The molecule has 0 fully saturated rings. The number of hydrogen-bond donors (Lipinski definition) is 2. The Kier molecular flexibility index (Phi) is 2.32. The summed E-state index contributed by atoms with van der Waals surface area (Å²) in [6.45, 7) is 0. The second-order valence-electron chi connectivity index (χ2n) is 2.91. The Morgan fingerprint density at radius 1 is 1.14 bits per heavy atom.